The monoisotopic (exact) mass is 243 g/mol. The fourth-order valence-electron chi connectivity index (χ4n) is 1.38. The van der Waals surface area contributed by atoms with Crippen molar-refractivity contribution in [3.63, 3.8) is 0 Å². The first kappa shape index (κ1) is 10.6. The predicted molar refractivity (Wildman–Crippen MR) is 60.5 cm³/mol. The van der Waals surface area contributed by atoms with Gasteiger partial charge in [0.1, 0.15) is 0 Å². The Bertz CT molecular complexity index is 424. The lowest BCUT2D eigenvalue weighted by Crippen LogP contribution is -2.40. The molecule has 0 aromatic carbocycles. The highest BCUT2D eigenvalue weighted by Crippen LogP contribution is 2.23. The van der Waals surface area contributed by atoms with Gasteiger partial charge in [0.05, 0.1) is 5.56 Å². The van der Waals surface area contributed by atoms with Crippen molar-refractivity contribution in [2.75, 3.05) is 13.1 Å². The molecule has 0 unspecified atom stereocenters. The molecule has 3 heterocycles. The van der Waals surface area contributed by atoms with Gasteiger partial charge in [-0.05, 0) is 11.4 Å². The van der Waals surface area contributed by atoms with Crippen molar-refractivity contribution in [1.82, 2.24) is 15.5 Å². The fourth-order valence-corrected chi connectivity index (χ4v) is 2.01. The van der Waals surface area contributed by atoms with Crippen LogP contribution in [0.3, 0.4) is 0 Å². The van der Waals surface area contributed by atoms with Crippen molar-refractivity contribution >= 4 is 23.7 Å². The van der Waals surface area contributed by atoms with Crippen LogP contribution in [-0.2, 0) is 0 Å². The van der Waals surface area contributed by atoms with Gasteiger partial charge in [-0.2, -0.15) is 16.3 Å². The Morgan fingerprint density at radius 2 is 2.33 bits per heavy atom. The molecule has 1 saturated heterocycles. The Labute approximate surface area is 97.1 Å². The van der Waals surface area contributed by atoms with Crippen LogP contribution in [0.2, 0.25) is 0 Å². The Morgan fingerprint density at radius 1 is 1.47 bits per heavy atom. The van der Waals surface area contributed by atoms with Crippen molar-refractivity contribution in [2.24, 2.45) is 0 Å². The van der Waals surface area contributed by atoms with E-state index in [9.17, 15) is 0 Å². The fraction of sp³-hybridized carbons (Fsp3) is 0.333. The molecule has 15 heavy (non-hydrogen) atoms. The van der Waals surface area contributed by atoms with Gasteiger partial charge >= 0.3 is 0 Å². The molecule has 1 N–H and O–H groups in total. The molecule has 0 radical (unpaired) electrons. The van der Waals surface area contributed by atoms with Gasteiger partial charge in [0.15, 0.2) is 5.82 Å². The van der Waals surface area contributed by atoms with Crippen LogP contribution >= 0.6 is 23.7 Å². The molecule has 80 valence electrons. The van der Waals surface area contributed by atoms with Crippen LogP contribution in [0.25, 0.3) is 11.5 Å². The van der Waals surface area contributed by atoms with Crippen LogP contribution < -0.4 is 5.32 Å². The van der Waals surface area contributed by atoms with Gasteiger partial charge in [-0.3, -0.25) is 0 Å². The van der Waals surface area contributed by atoms with Crippen molar-refractivity contribution < 1.29 is 4.52 Å². The first-order chi connectivity index (χ1) is 6.93. The van der Waals surface area contributed by atoms with Gasteiger partial charge in [-0.15, -0.1) is 12.4 Å². The highest BCUT2D eigenvalue weighted by atomic mass is 35.5. The molecule has 3 rings (SSSR count). The number of hydrogen-bond acceptors (Lipinski definition) is 5. The standard InChI is InChI=1S/C9H9N3OS.ClH/c1-2-14-5-6(1)9-11-8(12-13-9)7-3-10-4-7;/h1-2,5,7,10H,3-4H2;1H. The zero-order valence-corrected chi connectivity index (χ0v) is 9.48. The topological polar surface area (TPSA) is 51.0 Å². The van der Waals surface area contributed by atoms with Gasteiger partial charge in [0, 0.05) is 24.4 Å². The summed E-state index contributed by atoms with van der Waals surface area (Å²) in [6.45, 7) is 1.92. The second kappa shape index (κ2) is 4.30. The molecule has 0 spiro atoms. The molecule has 2 aromatic heterocycles. The minimum Gasteiger partial charge on any atom is -0.334 e. The van der Waals surface area contributed by atoms with Crippen LogP contribution in [-0.4, -0.2) is 23.2 Å². The molecule has 2 aromatic rings. The molecule has 0 atom stereocenters. The third kappa shape index (κ3) is 1.90. The number of nitrogens with one attached hydrogen (secondary N) is 1. The van der Waals surface area contributed by atoms with Crippen molar-refractivity contribution in [3.8, 4) is 11.5 Å². The summed E-state index contributed by atoms with van der Waals surface area (Å²) in [5, 5.41) is 11.2. The third-order valence-corrected chi connectivity index (χ3v) is 3.04. The molecule has 0 bridgehead atoms. The summed E-state index contributed by atoms with van der Waals surface area (Å²) in [6.07, 6.45) is 0. The van der Waals surface area contributed by atoms with E-state index < -0.39 is 0 Å². The Balaban J connectivity index is 0.000000853. The largest absolute Gasteiger partial charge is 0.334 e. The van der Waals surface area contributed by atoms with Crippen molar-refractivity contribution in [1.29, 1.82) is 0 Å². The molecule has 1 aliphatic rings. The molecule has 0 aliphatic carbocycles. The number of aromatic nitrogens is 2. The zero-order chi connectivity index (χ0) is 9.38. The summed E-state index contributed by atoms with van der Waals surface area (Å²) in [5.41, 5.74) is 1.01. The first-order valence-corrected chi connectivity index (χ1v) is 5.44. The van der Waals surface area contributed by atoms with E-state index in [-0.39, 0.29) is 12.4 Å². The second-order valence-electron chi connectivity index (χ2n) is 3.32. The normalized spacial score (nSPS) is 15.7. The summed E-state index contributed by atoms with van der Waals surface area (Å²) in [4.78, 5) is 4.36. The summed E-state index contributed by atoms with van der Waals surface area (Å²) < 4.78 is 5.18. The maximum absolute atomic E-state index is 5.18. The molecule has 4 nitrogen and oxygen atoms in total. The summed E-state index contributed by atoms with van der Waals surface area (Å²) >= 11 is 1.63. The molecular weight excluding hydrogens is 234 g/mol. The van der Waals surface area contributed by atoms with Crippen molar-refractivity contribution in [2.45, 2.75) is 5.92 Å². The molecule has 1 fully saturated rings. The maximum atomic E-state index is 5.18. The lowest BCUT2D eigenvalue weighted by atomic mass is 10.0. The smallest absolute Gasteiger partial charge is 0.258 e. The zero-order valence-electron chi connectivity index (χ0n) is 7.84. The summed E-state index contributed by atoms with van der Waals surface area (Å²) in [7, 11) is 0. The lowest BCUT2D eigenvalue weighted by Gasteiger charge is -2.23. The van der Waals surface area contributed by atoms with E-state index in [1.54, 1.807) is 11.3 Å². The molecule has 0 amide bonds. The number of rotatable bonds is 2. The summed E-state index contributed by atoms with van der Waals surface area (Å²) in [6, 6.07) is 1.99. The van der Waals surface area contributed by atoms with Crippen LogP contribution in [0, 0.1) is 0 Å². The molecule has 6 heteroatoms. The van der Waals surface area contributed by atoms with E-state index in [1.807, 2.05) is 16.8 Å². The van der Waals surface area contributed by atoms with Gasteiger partial charge in [-0.25, -0.2) is 0 Å². The quantitative estimate of drug-likeness (QED) is 0.876. The average Bonchev–Trinajstić information content (AvgIpc) is 2.65. The van der Waals surface area contributed by atoms with Crippen molar-refractivity contribution in [3.05, 3.63) is 22.7 Å². The van der Waals surface area contributed by atoms with E-state index in [0.29, 0.717) is 11.8 Å². The van der Waals surface area contributed by atoms with Gasteiger partial charge in [-0.1, -0.05) is 5.16 Å². The second-order valence-corrected chi connectivity index (χ2v) is 4.10. The number of thiophene rings is 1. The molecule has 1 aliphatic heterocycles. The van der Waals surface area contributed by atoms with E-state index in [1.165, 1.54) is 0 Å². The minimum absolute atomic E-state index is 0. The average molecular weight is 244 g/mol. The van der Waals surface area contributed by atoms with E-state index in [4.69, 9.17) is 4.52 Å². The van der Waals surface area contributed by atoms with E-state index >= 15 is 0 Å². The molecule has 0 saturated carbocycles. The Morgan fingerprint density at radius 3 is 2.93 bits per heavy atom. The van der Waals surface area contributed by atoms with Gasteiger partial charge in [0.2, 0.25) is 0 Å². The van der Waals surface area contributed by atoms with Crippen LogP contribution in [0.5, 0.6) is 0 Å². The maximum Gasteiger partial charge on any atom is 0.258 e. The van der Waals surface area contributed by atoms with E-state index in [0.717, 1.165) is 24.5 Å². The third-order valence-electron chi connectivity index (χ3n) is 2.36. The minimum atomic E-state index is 0. The van der Waals surface area contributed by atoms with Crippen LogP contribution in [0.4, 0.5) is 0 Å². The predicted octanol–water partition coefficient (Wildman–Crippen LogP) is 1.91. The Kier molecular flexibility index (Phi) is 3.04. The van der Waals surface area contributed by atoms with Crippen LogP contribution in [0.15, 0.2) is 21.3 Å². The number of halogens is 1. The summed E-state index contributed by atoms with van der Waals surface area (Å²) in [5.74, 6) is 1.89. The first-order valence-electron chi connectivity index (χ1n) is 4.50. The highest BCUT2D eigenvalue weighted by Gasteiger charge is 2.24. The van der Waals surface area contributed by atoms with Crippen LogP contribution in [0.1, 0.15) is 11.7 Å². The SMILES string of the molecule is Cl.c1cc(-c2nc(C3CNC3)no2)cs1. The molecular formula is C9H10ClN3OS. The van der Waals surface area contributed by atoms with E-state index in [2.05, 4.69) is 15.5 Å². The highest BCUT2D eigenvalue weighted by molar-refractivity contribution is 7.08. The van der Waals surface area contributed by atoms with Gasteiger partial charge < -0.3 is 9.84 Å². The number of nitrogens with zero attached hydrogens (tertiary/aromatic N) is 2. The Hall–Kier alpha value is -0.910. The van der Waals surface area contributed by atoms with Gasteiger partial charge in [0.25, 0.3) is 5.89 Å². The lowest BCUT2D eigenvalue weighted by molar-refractivity contribution is 0.382. The number of hydrogen-bond donors (Lipinski definition) is 1.